The highest BCUT2D eigenvalue weighted by atomic mass is 16.5. The molecule has 1 amide bonds. The first-order valence-corrected chi connectivity index (χ1v) is 5.78. The summed E-state index contributed by atoms with van der Waals surface area (Å²) in [6.07, 6.45) is 0.860. The van der Waals surface area contributed by atoms with Gasteiger partial charge in [-0.1, -0.05) is 6.92 Å². The molecule has 5 nitrogen and oxygen atoms in total. The first-order valence-electron chi connectivity index (χ1n) is 5.78. The van der Waals surface area contributed by atoms with Gasteiger partial charge in [0.2, 0.25) is 0 Å². The van der Waals surface area contributed by atoms with E-state index in [1.807, 2.05) is 19.9 Å². The van der Waals surface area contributed by atoms with E-state index in [9.17, 15) is 4.79 Å². The van der Waals surface area contributed by atoms with Crippen molar-refractivity contribution in [1.82, 2.24) is 5.32 Å². The summed E-state index contributed by atoms with van der Waals surface area (Å²) in [5.74, 6) is 0.180. The third-order valence-electron chi connectivity index (χ3n) is 2.56. The van der Waals surface area contributed by atoms with E-state index in [1.165, 1.54) is 0 Å². The molecular weight excluding hydrogens is 230 g/mol. The van der Waals surface area contributed by atoms with Gasteiger partial charge in [0.15, 0.2) is 6.61 Å². The second kappa shape index (κ2) is 6.50. The Labute approximate surface area is 107 Å². The molecule has 0 spiro atoms. The SMILES string of the molecule is CCC(C)NC(=O)c1ccc(N)c(OCC#N)c1. The van der Waals surface area contributed by atoms with Gasteiger partial charge < -0.3 is 15.8 Å². The van der Waals surface area contributed by atoms with Gasteiger partial charge in [0, 0.05) is 11.6 Å². The first kappa shape index (κ1) is 13.8. The molecule has 0 saturated heterocycles. The third kappa shape index (κ3) is 3.67. The lowest BCUT2D eigenvalue weighted by atomic mass is 10.1. The van der Waals surface area contributed by atoms with E-state index < -0.39 is 0 Å². The van der Waals surface area contributed by atoms with Gasteiger partial charge in [0.05, 0.1) is 5.69 Å². The van der Waals surface area contributed by atoms with Gasteiger partial charge in [0.1, 0.15) is 11.8 Å². The number of amides is 1. The Morgan fingerprint density at radius 2 is 2.33 bits per heavy atom. The molecule has 0 aliphatic rings. The van der Waals surface area contributed by atoms with Crippen molar-refractivity contribution in [3.8, 4) is 11.8 Å². The molecule has 1 rings (SSSR count). The van der Waals surface area contributed by atoms with Crippen LogP contribution in [-0.4, -0.2) is 18.6 Å². The van der Waals surface area contributed by atoms with Crippen molar-refractivity contribution in [1.29, 1.82) is 5.26 Å². The summed E-state index contributed by atoms with van der Waals surface area (Å²) in [5.41, 5.74) is 6.57. The van der Waals surface area contributed by atoms with Crippen LogP contribution >= 0.6 is 0 Å². The summed E-state index contributed by atoms with van der Waals surface area (Å²) < 4.78 is 5.14. The first-order chi connectivity index (χ1) is 8.58. The maximum atomic E-state index is 11.9. The fourth-order valence-corrected chi connectivity index (χ4v) is 1.32. The Balaban J connectivity index is 2.84. The Bertz CT molecular complexity index is 466. The van der Waals surface area contributed by atoms with Crippen molar-refractivity contribution in [2.75, 3.05) is 12.3 Å². The zero-order valence-electron chi connectivity index (χ0n) is 10.6. The molecule has 1 aromatic rings. The van der Waals surface area contributed by atoms with E-state index in [0.29, 0.717) is 17.0 Å². The molecule has 0 saturated carbocycles. The van der Waals surface area contributed by atoms with Gasteiger partial charge in [-0.3, -0.25) is 4.79 Å². The van der Waals surface area contributed by atoms with Gasteiger partial charge in [0.25, 0.3) is 5.91 Å². The minimum Gasteiger partial charge on any atom is -0.477 e. The number of nitrogens with zero attached hydrogens (tertiary/aromatic N) is 1. The number of hydrogen-bond donors (Lipinski definition) is 2. The third-order valence-corrected chi connectivity index (χ3v) is 2.56. The minimum absolute atomic E-state index is 0.0966. The smallest absolute Gasteiger partial charge is 0.251 e. The topological polar surface area (TPSA) is 88.1 Å². The maximum Gasteiger partial charge on any atom is 0.251 e. The van der Waals surface area contributed by atoms with Crippen LogP contribution in [0.25, 0.3) is 0 Å². The van der Waals surface area contributed by atoms with Crippen molar-refractivity contribution in [2.45, 2.75) is 26.3 Å². The van der Waals surface area contributed by atoms with Crippen LogP contribution in [0, 0.1) is 11.3 Å². The molecule has 0 aliphatic carbocycles. The van der Waals surface area contributed by atoms with E-state index in [0.717, 1.165) is 6.42 Å². The van der Waals surface area contributed by atoms with Crippen LogP contribution in [0.15, 0.2) is 18.2 Å². The fourth-order valence-electron chi connectivity index (χ4n) is 1.32. The zero-order valence-corrected chi connectivity index (χ0v) is 10.6. The lowest BCUT2D eigenvalue weighted by Gasteiger charge is -2.12. The number of hydrogen-bond acceptors (Lipinski definition) is 4. The molecule has 0 aliphatic heterocycles. The molecular formula is C13H17N3O2. The van der Waals surface area contributed by atoms with Crippen LogP contribution in [0.2, 0.25) is 0 Å². The van der Waals surface area contributed by atoms with Crippen LogP contribution in [0.1, 0.15) is 30.6 Å². The summed E-state index contributed by atoms with van der Waals surface area (Å²) in [6, 6.07) is 6.74. The molecule has 1 unspecified atom stereocenters. The van der Waals surface area contributed by atoms with Gasteiger partial charge in [-0.05, 0) is 31.5 Å². The van der Waals surface area contributed by atoms with Gasteiger partial charge in [-0.15, -0.1) is 0 Å². The number of nitrogen functional groups attached to an aromatic ring is 1. The monoisotopic (exact) mass is 247 g/mol. The molecule has 5 heteroatoms. The number of rotatable bonds is 5. The number of nitrogens with one attached hydrogen (secondary N) is 1. The predicted octanol–water partition coefficient (Wildman–Crippen LogP) is 1.70. The highest BCUT2D eigenvalue weighted by molar-refractivity contribution is 5.95. The van der Waals surface area contributed by atoms with E-state index in [2.05, 4.69) is 5.32 Å². The molecule has 1 atom stereocenters. The van der Waals surface area contributed by atoms with Crippen molar-refractivity contribution in [3.05, 3.63) is 23.8 Å². The van der Waals surface area contributed by atoms with Crippen molar-refractivity contribution < 1.29 is 9.53 Å². The summed E-state index contributed by atoms with van der Waals surface area (Å²) in [7, 11) is 0. The Morgan fingerprint density at radius 3 is 2.94 bits per heavy atom. The fraction of sp³-hybridized carbons (Fsp3) is 0.385. The summed E-state index contributed by atoms with van der Waals surface area (Å²) in [4.78, 5) is 11.9. The standard InChI is InChI=1S/C13H17N3O2/c1-3-9(2)16-13(17)10-4-5-11(15)12(8-10)18-7-6-14/h4-5,8-9H,3,7,15H2,1-2H3,(H,16,17). The van der Waals surface area contributed by atoms with E-state index in [1.54, 1.807) is 18.2 Å². The predicted molar refractivity (Wildman–Crippen MR) is 69.2 cm³/mol. The number of carbonyl (C=O) groups excluding carboxylic acids is 1. The molecule has 1 aromatic carbocycles. The van der Waals surface area contributed by atoms with Crippen LogP contribution in [-0.2, 0) is 0 Å². The molecule has 0 bridgehead atoms. The molecule has 3 N–H and O–H groups in total. The molecule has 0 heterocycles. The number of nitrogens with two attached hydrogens (primary N) is 1. The second-order valence-corrected chi connectivity index (χ2v) is 3.98. The molecule has 0 radical (unpaired) electrons. The van der Waals surface area contributed by atoms with E-state index in [-0.39, 0.29) is 18.6 Å². The Kier molecular flexibility index (Phi) is 5.00. The lowest BCUT2D eigenvalue weighted by molar-refractivity contribution is 0.0939. The van der Waals surface area contributed by atoms with E-state index >= 15 is 0 Å². The van der Waals surface area contributed by atoms with Crippen LogP contribution in [0.5, 0.6) is 5.75 Å². The summed E-state index contributed by atoms with van der Waals surface area (Å²) >= 11 is 0. The molecule has 96 valence electrons. The van der Waals surface area contributed by atoms with Crippen LogP contribution < -0.4 is 15.8 Å². The average Bonchev–Trinajstić information content (AvgIpc) is 2.37. The van der Waals surface area contributed by atoms with Crippen molar-refractivity contribution in [2.24, 2.45) is 0 Å². The van der Waals surface area contributed by atoms with Crippen LogP contribution in [0.3, 0.4) is 0 Å². The number of benzene rings is 1. The number of carbonyl (C=O) groups is 1. The van der Waals surface area contributed by atoms with Gasteiger partial charge >= 0.3 is 0 Å². The minimum atomic E-state index is -0.175. The van der Waals surface area contributed by atoms with Crippen LogP contribution in [0.4, 0.5) is 5.69 Å². The zero-order chi connectivity index (χ0) is 13.5. The van der Waals surface area contributed by atoms with E-state index in [4.69, 9.17) is 15.7 Å². The lowest BCUT2D eigenvalue weighted by Crippen LogP contribution is -2.31. The van der Waals surface area contributed by atoms with Crippen molar-refractivity contribution in [3.63, 3.8) is 0 Å². The van der Waals surface area contributed by atoms with Crippen molar-refractivity contribution >= 4 is 11.6 Å². The molecule has 0 aromatic heterocycles. The molecule has 18 heavy (non-hydrogen) atoms. The highest BCUT2D eigenvalue weighted by Crippen LogP contribution is 2.22. The Morgan fingerprint density at radius 1 is 1.61 bits per heavy atom. The number of nitriles is 1. The average molecular weight is 247 g/mol. The normalized spacial score (nSPS) is 11.4. The molecule has 0 fully saturated rings. The number of ether oxygens (including phenoxy) is 1. The highest BCUT2D eigenvalue weighted by Gasteiger charge is 2.11. The maximum absolute atomic E-state index is 11.9. The summed E-state index contributed by atoms with van der Waals surface area (Å²) in [6.45, 7) is 3.83. The van der Waals surface area contributed by atoms with Gasteiger partial charge in [-0.25, -0.2) is 0 Å². The number of anilines is 1. The summed E-state index contributed by atoms with van der Waals surface area (Å²) in [5, 5.41) is 11.3. The largest absolute Gasteiger partial charge is 0.477 e. The quantitative estimate of drug-likeness (QED) is 0.775. The van der Waals surface area contributed by atoms with Gasteiger partial charge in [-0.2, -0.15) is 5.26 Å². The second-order valence-electron chi connectivity index (χ2n) is 3.98. The Hall–Kier alpha value is -2.22.